The Bertz CT molecular complexity index is 1310. The number of carbonyl (C=O) groups is 1. The van der Waals surface area contributed by atoms with E-state index in [9.17, 15) is 15.3 Å². The first-order valence-corrected chi connectivity index (χ1v) is 8.12. The Kier molecular flexibility index (Phi) is 4.00. The van der Waals surface area contributed by atoms with Crippen LogP contribution in [0.3, 0.4) is 0 Å². The van der Waals surface area contributed by atoms with Crippen LogP contribution in [0.5, 0.6) is 0 Å². The number of aromatic nitrogens is 4. The molecule has 132 valence electrons. The average molecular weight is 366 g/mol. The van der Waals surface area contributed by atoms with Crippen LogP contribution in [0.4, 0.5) is 0 Å². The first kappa shape index (κ1) is 16.9. The average Bonchev–Trinajstić information content (AvgIpc) is 3.16. The second kappa shape index (κ2) is 6.63. The van der Waals surface area contributed by atoms with Crippen LogP contribution < -0.4 is 0 Å². The van der Waals surface area contributed by atoms with E-state index in [2.05, 4.69) is 19.9 Å². The molecule has 0 fully saturated rings. The molecule has 8 heteroatoms. The summed E-state index contributed by atoms with van der Waals surface area (Å²) in [6.07, 6.45) is 0. The number of hydrogen-bond donors (Lipinski definition) is 2. The lowest BCUT2D eigenvalue weighted by molar-refractivity contribution is 0.0697. The van der Waals surface area contributed by atoms with E-state index in [1.165, 1.54) is 12.1 Å². The Morgan fingerprint density at radius 2 is 1.61 bits per heavy atom. The smallest absolute Gasteiger partial charge is 0.335 e. The van der Waals surface area contributed by atoms with Gasteiger partial charge in [0, 0.05) is 5.56 Å². The molecule has 8 nitrogen and oxygen atoms in total. The van der Waals surface area contributed by atoms with Crippen molar-refractivity contribution in [3.63, 3.8) is 0 Å². The Labute approximate surface area is 158 Å². The number of nitrogens with one attached hydrogen (secondary N) is 1. The van der Waals surface area contributed by atoms with Gasteiger partial charge in [-0.05, 0) is 18.2 Å². The van der Waals surface area contributed by atoms with E-state index in [0.29, 0.717) is 33.8 Å². The van der Waals surface area contributed by atoms with Gasteiger partial charge in [-0.1, -0.05) is 30.3 Å². The first-order chi connectivity index (χ1) is 13.6. The van der Waals surface area contributed by atoms with Crippen molar-refractivity contribution >= 4 is 17.0 Å². The number of fused-ring (bicyclic) bond motifs is 1. The Balaban J connectivity index is 1.98. The molecular weight excluding hydrogens is 356 g/mol. The summed E-state index contributed by atoms with van der Waals surface area (Å²) in [7, 11) is 0. The van der Waals surface area contributed by atoms with Gasteiger partial charge in [0.1, 0.15) is 23.5 Å². The fourth-order valence-corrected chi connectivity index (χ4v) is 2.81. The normalized spacial score (nSPS) is 10.4. The standard InChI is InChI=1S/C20H10N6O2/c21-9-15-16(10-22)24-18(17(23-15)11-4-2-1-3-5-11)19-25-13-7-6-12(20(27)28)8-14(13)26-19/h1-8H,(H,25,26)(H,27,28). The highest BCUT2D eigenvalue weighted by molar-refractivity contribution is 5.93. The summed E-state index contributed by atoms with van der Waals surface area (Å²) in [6.45, 7) is 0. The number of carboxylic acids is 1. The number of rotatable bonds is 3. The zero-order valence-electron chi connectivity index (χ0n) is 14.2. The lowest BCUT2D eigenvalue weighted by Gasteiger charge is -2.07. The second-order valence-electron chi connectivity index (χ2n) is 5.83. The monoisotopic (exact) mass is 366 g/mol. The maximum absolute atomic E-state index is 11.2. The van der Waals surface area contributed by atoms with E-state index < -0.39 is 5.97 Å². The van der Waals surface area contributed by atoms with Crippen molar-refractivity contribution in [2.75, 3.05) is 0 Å². The van der Waals surface area contributed by atoms with Crippen LogP contribution in [0.1, 0.15) is 21.7 Å². The van der Waals surface area contributed by atoms with E-state index >= 15 is 0 Å². The fraction of sp³-hybridized carbons (Fsp3) is 0. The Hall–Kier alpha value is -4.56. The predicted molar refractivity (Wildman–Crippen MR) is 98.9 cm³/mol. The molecule has 2 heterocycles. The molecule has 0 aliphatic carbocycles. The molecule has 4 aromatic rings. The van der Waals surface area contributed by atoms with E-state index in [1.807, 2.05) is 42.5 Å². The minimum absolute atomic E-state index is 0.0747. The van der Waals surface area contributed by atoms with Gasteiger partial charge in [-0.3, -0.25) is 0 Å². The van der Waals surface area contributed by atoms with Crippen molar-refractivity contribution in [3.8, 4) is 34.9 Å². The van der Waals surface area contributed by atoms with Crippen molar-refractivity contribution in [2.45, 2.75) is 0 Å². The summed E-state index contributed by atoms with van der Waals surface area (Å²) in [4.78, 5) is 27.3. The fourth-order valence-electron chi connectivity index (χ4n) is 2.81. The number of nitrogens with zero attached hydrogens (tertiary/aromatic N) is 5. The lowest BCUT2D eigenvalue weighted by Crippen LogP contribution is -2.02. The van der Waals surface area contributed by atoms with Crippen molar-refractivity contribution in [3.05, 3.63) is 65.5 Å². The zero-order valence-corrected chi connectivity index (χ0v) is 14.2. The summed E-state index contributed by atoms with van der Waals surface area (Å²) in [5.41, 5.74) is 2.40. The molecule has 28 heavy (non-hydrogen) atoms. The van der Waals surface area contributed by atoms with Crippen LogP contribution in [0.2, 0.25) is 0 Å². The van der Waals surface area contributed by atoms with Gasteiger partial charge in [0.15, 0.2) is 17.2 Å². The van der Waals surface area contributed by atoms with Gasteiger partial charge in [0.05, 0.1) is 16.6 Å². The highest BCUT2D eigenvalue weighted by Gasteiger charge is 2.19. The van der Waals surface area contributed by atoms with Gasteiger partial charge in [0.2, 0.25) is 0 Å². The van der Waals surface area contributed by atoms with Crippen molar-refractivity contribution in [1.82, 2.24) is 19.9 Å². The minimum atomic E-state index is -1.05. The summed E-state index contributed by atoms with van der Waals surface area (Å²) in [5.74, 6) is -0.724. The lowest BCUT2D eigenvalue weighted by atomic mass is 10.1. The molecule has 0 saturated heterocycles. The van der Waals surface area contributed by atoms with E-state index in [-0.39, 0.29) is 17.0 Å². The van der Waals surface area contributed by atoms with Crippen LogP contribution in [0, 0.1) is 22.7 Å². The summed E-state index contributed by atoms with van der Waals surface area (Å²) >= 11 is 0. The molecule has 0 unspecified atom stereocenters. The van der Waals surface area contributed by atoms with Gasteiger partial charge in [0.25, 0.3) is 0 Å². The van der Waals surface area contributed by atoms with E-state index in [1.54, 1.807) is 6.07 Å². The summed E-state index contributed by atoms with van der Waals surface area (Å²) in [6, 6.07) is 17.4. The number of benzene rings is 2. The molecule has 0 atom stereocenters. The first-order valence-electron chi connectivity index (χ1n) is 8.12. The topological polar surface area (TPSA) is 139 Å². The third-order valence-corrected chi connectivity index (χ3v) is 4.11. The zero-order chi connectivity index (χ0) is 19.7. The number of imidazole rings is 1. The Morgan fingerprint density at radius 1 is 0.929 bits per heavy atom. The van der Waals surface area contributed by atoms with Gasteiger partial charge >= 0.3 is 5.97 Å². The maximum Gasteiger partial charge on any atom is 0.335 e. The molecule has 2 N–H and O–H groups in total. The number of carboxylic acid groups (broad SMARTS) is 1. The molecule has 4 rings (SSSR count). The highest BCUT2D eigenvalue weighted by Crippen LogP contribution is 2.29. The quantitative estimate of drug-likeness (QED) is 0.567. The largest absolute Gasteiger partial charge is 0.478 e. The SMILES string of the molecule is N#Cc1nc(-c2ccccc2)c(-c2nc3ccc(C(=O)O)cc3[nH]2)nc1C#N. The van der Waals surface area contributed by atoms with Crippen LogP contribution in [-0.4, -0.2) is 31.0 Å². The third-order valence-electron chi connectivity index (χ3n) is 4.11. The minimum Gasteiger partial charge on any atom is -0.478 e. The van der Waals surface area contributed by atoms with Crippen molar-refractivity contribution in [1.29, 1.82) is 10.5 Å². The van der Waals surface area contributed by atoms with Crippen LogP contribution in [0.25, 0.3) is 33.8 Å². The molecule has 0 radical (unpaired) electrons. The van der Waals surface area contributed by atoms with Crippen molar-refractivity contribution < 1.29 is 9.90 Å². The molecule has 0 amide bonds. The van der Waals surface area contributed by atoms with E-state index in [4.69, 9.17) is 5.11 Å². The van der Waals surface area contributed by atoms with Crippen LogP contribution in [-0.2, 0) is 0 Å². The van der Waals surface area contributed by atoms with Crippen LogP contribution >= 0.6 is 0 Å². The van der Waals surface area contributed by atoms with Gasteiger partial charge in [-0.25, -0.2) is 19.7 Å². The molecule has 2 aromatic carbocycles. The number of aromatic carboxylic acids is 1. The number of aromatic amines is 1. The van der Waals surface area contributed by atoms with Gasteiger partial charge in [-0.15, -0.1) is 0 Å². The number of H-pyrrole nitrogens is 1. The molecule has 0 aliphatic rings. The molecular formula is C20H10N6O2. The molecule has 0 aliphatic heterocycles. The van der Waals surface area contributed by atoms with Crippen LogP contribution in [0.15, 0.2) is 48.5 Å². The Morgan fingerprint density at radius 3 is 2.25 bits per heavy atom. The number of nitriles is 2. The second-order valence-corrected chi connectivity index (χ2v) is 5.83. The maximum atomic E-state index is 11.2. The van der Waals surface area contributed by atoms with Crippen molar-refractivity contribution in [2.24, 2.45) is 0 Å². The molecule has 2 aromatic heterocycles. The van der Waals surface area contributed by atoms with Gasteiger partial charge in [-0.2, -0.15) is 10.5 Å². The molecule has 0 spiro atoms. The molecule has 0 bridgehead atoms. The third kappa shape index (κ3) is 2.81. The number of hydrogen-bond acceptors (Lipinski definition) is 6. The highest BCUT2D eigenvalue weighted by atomic mass is 16.4. The van der Waals surface area contributed by atoms with E-state index in [0.717, 1.165) is 0 Å². The predicted octanol–water partition coefficient (Wildman–Crippen LogP) is 3.13. The molecule has 0 saturated carbocycles. The van der Waals surface area contributed by atoms with Gasteiger partial charge < -0.3 is 10.1 Å². The summed E-state index contributed by atoms with van der Waals surface area (Å²) in [5, 5.41) is 27.8. The summed E-state index contributed by atoms with van der Waals surface area (Å²) < 4.78 is 0.